The lowest BCUT2D eigenvalue weighted by Gasteiger charge is -2.32. The molecule has 0 bridgehead atoms. The molecule has 1 aromatic rings. The van der Waals surface area contributed by atoms with Gasteiger partial charge in [-0.15, -0.1) is 5.10 Å². The van der Waals surface area contributed by atoms with E-state index >= 15 is 0 Å². The van der Waals surface area contributed by atoms with Crippen LogP contribution in [0.2, 0.25) is 0 Å². The van der Waals surface area contributed by atoms with Crippen molar-refractivity contribution in [2.75, 3.05) is 52.9 Å². The number of carbonyl (C=O) groups is 1. The Balaban J connectivity index is 1.62. The molecular weight excluding hydrogens is 270 g/mol. The summed E-state index contributed by atoms with van der Waals surface area (Å²) in [5.74, 6) is -0.170. The number of nitrogens with one attached hydrogen (secondary N) is 1. The number of piperazine rings is 1. The van der Waals surface area contributed by atoms with Gasteiger partial charge in [0.05, 0.1) is 12.7 Å². The maximum Gasteiger partial charge on any atom is 0.273 e. The molecule has 21 heavy (non-hydrogen) atoms. The average Bonchev–Trinajstić information content (AvgIpc) is 2.94. The Hall–Kier alpha value is -1.51. The predicted octanol–water partition coefficient (Wildman–Crippen LogP) is -1.40. The number of hydrogen-bond acceptors (Lipinski definition) is 6. The van der Waals surface area contributed by atoms with Crippen molar-refractivity contribution in [1.82, 2.24) is 30.1 Å². The van der Waals surface area contributed by atoms with E-state index in [0.29, 0.717) is 25.3 Å². The Labute approximate surface area is 125 Å². The van der Waals surface area contributed by atoms with Gasteiger partial charge in [0.1, 0.15) is 0 Å². The predicted molar refractivity (Wildman–Crippen MR) is 80.0 cm³/mol. The molecule has 0 saturated carbocycles. The molecule has 1 saturated heterocycles. The Morgan fingerprint density at radius 3 is 2.81 bits per heavy atom. The molecule has 1 aliphatic rings. The highest BCUT2D eigenvalue weighted by Crippen LogP contribution is 1.99. The van der Waals surface area contributed by atoms with Crippen LogP contribution in [-0.2, 0) is 6.54 Å². The molecule has 8 heteroatoms. The molecule has 3 N–H and O–H groups in total. The molecule has 8 nitrogen and oxygen atoms in total. The Kier molecular flexibility index (Phi) is 6.09. The fourth-order valence-electron chi connectivity index (χ4n) is 2.31. The fourth-order valence-corrected chi connectivity index (χ4v) is 2.31. The third-order valence-electron chi connectivity index (χ3n) is 3.66. The minimum absolute atomic E-state index is 0.170. The van der Waals surface area contributed by atoms with Gasteiger partial charge >= 0.3 is 0 Å². The highest BCUT2D eigenvalue weighted by atomic mass is 16.2. The molecule has 0 spiro atoms. The van der Waals surface area contributed by atoms with Crippen LogP contribution in [0.4, 0.5) is 0 Å². The summed E-state index contributed by atoms with van der Waals surface area (Å²) in [4.78, 5) is 16.6. The number of amides is 1. The number of nitrogens with zero attached hydrogens (tertiary/aromatic N) is 5. The molecule has 0 aromatic carbocycles. The molecule has 1 aliphatic heterocycles. The topological polar surface area (TPSA) is 92.3 Å². The van der Waals surface area contributed by atoms with E-state index in [1.807, 2.05) is 0 Å². The summed E-state index contributed by atoms with van der Waals surface area (Å²) < 4.78 is 1.58. The molecule has 2 rings (SSSR count). The van der Waals surface area contributed by atoms with E-state index in [1.54, 1.807) is 10.9 Å². The second-order valence-electron chi connectivity index (χ2n) is 5.41. The Morgan fingerprint density at radius 2 is 2.10 bits per heavy atom. The lowest BCUT2D eigenvalue weighted by Crippen LogP contribution is -2.45. The van der Waals surface area contributed by atoms with Crippen molar-refractivity contribution in [3.8, 4) is 0 Å². The van der Waals surface area contributed by atoms with E-state index in [0.717, 1.165) is 39.1 Å². The van der Waals surface area contributed by atoms with Crippen LogP contribution in [0.25, 0.3) is 0 Å². The molecule has 0 unspecified atom stereocenters. The van der Waals surface area contributed by atoms with Gasteiger partial charge in [-0.3, -0.25) is 9.48 Å². The molecule has 1 amide bonds. The van der Waals surface area contributed by atoms with Gasteiger partial charge in [0.15, 0.2) is 5.69 Å². The number of nitrogens with two attached hydrogens (primary N) is 1. The van der Waals surface area contributed by atoms with E-state index in [1.165, 1.54) is 0 Å². The number of likely N-dealkylation sites (N-methyl/N-ethyl adjacent to an activating group) is 1. The van der Waals surface area contributed by atoms with Crippen LogP contribution in [0, 0.1) is 0 Å². The van der Waals surface area contributed by atoms with E-state index in [4.69, 9.17) is 5.73 Å². The first kappa shape index (κ1) is 15.9. The van der Waals surface area contributed by atoms with Crippen molar-refractivity contribution in [2.24, 2.45) is 5.73 Å². The van der Waals surface area contributed by atoms with Crippen molar-refractivity contribution in [2.45, 2.75) is 13.0 Å². The van der Waals surface area contributed by atoms with Crippen LogP contribution in [0.5, 0.6) is 0 Å². The lowest BCUT2D eigenvalue weighted by molar-refractivity contribution is 0.0944. The molecule has 118 valence electrons. The van der Waals surface area contributed by atoms with Crippen molar-refractivity contribution in [1.29, 1.82) is 0 Å². The second-order valence-corrected chi connectivity index (χ2v) is 5.41. The van der Waals surface area contributed by atoms with Crippen LogP contribution in [0.1, 0.15) is 16.9 Å². The van der Waals surface area contributed by atoms with Gasteiger partial charge in [-0.05, 0) is 20.0 Å². The quantitative estimate of drug-likeness (QED) is 0.601. The van der Waals surface area contributed by atoms with E-state index < -0.39 is 0 Å². The highest BCUT2D eigenvalue weighted by molar-refractivity contribution is 5.91. The minimum Gasteiger partial charge on any atom is -0.351 e. The first-order valence-electron chi connectivity index (χ1n) is 7.48. The lowest BCUT2D eigenvalue weighted by atomic mass is 10.3. The average molecular weight is 295 g/mol. The van der Waals surface area contributed by atoms with Crippen LogP contribution in [0.3, 0.4) is 0 Å². The number of carbonyl (C=O) groups excluding carboxylic acids is 1. The zero-order valence-corrected chi connectivity index (χ0v) is 12.7. The third kappa shape index (κ3) is 5.07. The van der Waals surface area contributed by atoms with Gasteiger partial charge in [-0.25, -0.2) is 0 Å². The van der Waals surface area contributed by atoms with Gasteiger partial charge < -0.3 is 20.9 Å². The van der Waals surface area contributed by atoms with E-state index in [-0.39, 0.29) is 5.91 Å². The van der Waals surface area contributed by atoms with Crippen molar-refractivity contribution in [3.63, 3.8) is 0 Å². The zero-order chi connectivity index (χ0) is 15.1. The van der Waals surface area contributed by atoms with Crippen LogP contribution >= 0.6 is 0 Å². The SMILES string of the molecule is CN1CCN(CCCNC(=O)c2cn(CCN)nn2)CC1. The molecular formula is C13H25N7O. The number of rotatable bonds is 7. The first-order chi connectivity index (χ1) is 10.2. The van der Waals surface area contributed by atoms with Gasteiger partial charge in [-0.1, -0.05) is 5.21 Å². The number of aromatic nitrogens is 3. The van der Waals surface area contributed by atoms with Crippen LogP contribution < -0.4 is 11.1 Å². The van der Waals surface area contributed by atoms with Gasteiger partial charge in [0.25, 0.3) is 5.91 Å². The monoisotopic (exact) mass is 295 g/mol. The largest absolute Gasteiger partial charge is 0.351 e. The molecule has 0 aliphatic carbocycles. The third-order valence-corrected chi connectivity index (χ3v) is 3.66. The maximum absolute atomic E-state index is 11.9. The normalized spacial score (nSPS) is 17.0. The molecule has 0 radical (unpaired) electrons. The number of hydrogen-bond donors (Lipinski definition) is 2. The molecule has 1 fully saturated rings. The molecule has 1 aromatic heterocycles. The zero-order valence-electron chi connectivity index (χ0n) is 12.7. The van der Waals surface area contributed by atoms with E-state index in [9.17, 15) is 4.79 Å². The van der Waals surface area contributed by atoms with Gasteiger partial charge in [0, 0.05) is 39.3 Å². The van der Waals surface area contributed by atoms with Crippen molar-refractivity contribution in [3.05, 3.63) is 11.9 Å². The summed E-state index contributed by atoms with van der Waals surface area (Å²) in [6.07, 6.45) is 2.58. The summed E-state index contributed by atoms with van der Waals surface area (Å²) in [7, 11) is 2.15. The minimum atomic E-state index is -0.170. The summed E-state index contributed by atoms with van der Waals surface area (Å²) >= 11 is 0. The summed E-state index contributed by atoms with van der Waals surface area (Å²) in [6.45, 7) is 7.20. The second kappa shape index (κ2) is 8.06. The van der Waals surface area contributed by atoms with Crippen LogP contribution in [0.15, 0.2) is 6.20 Å². The van der Waals surface area contributed by atoms with Gasteiger partial charge in [0.2, 0.25) is 0 Å². The summed E-state index contributed by atoms with van der Waals surface area (Å²) in [5.41, 5.74) is 5.78. The summed E-state index contributed by atoms with van der Waals surface area (Å²) in [6, 6.07) is 0. The van der Waals surface area contributed by atoms with Crippen molar-refractivity contribution >= 4 is 5.91 Å². The van der Waals surface area contributed by atoms with Gasteiger partial charge in [-0.2, -0.15) is 0 Å². The van der Waals surface area contributed by atoms with Crippen LogP contribution in [-0.4, -0.2) is 83.6 Å². The molecule has 0 atom stereocenters. The summed E-state index contributed by atoms with van der Waals surface area (Å²) in [5, 5.41) is 10.6. The highest BCUT2D eigenvalue weighted by Gasteiger charge is 2.13. The standard InChI is InChI=1S/C13H25N7O/c1-18-7-9-19(10-8-18)5-2-4-15-13(21)12-11-20(6-3-14)17-16-12/h11H,2-10,14H2,1H3,(H,15,21). The first-order valence-corrected chi connectivity index (χ1v) is 7.48. The Morgan fingerprint density at radius 1 is 1.33 bits per heavy atom. The smallest absolute Gasteiger partial charge is 0.273 e. The molecule has 2 heterocycles. The Bertz CT molecular complexity index is 439. The maximum atomic E-state index is 11.9. The van der Waals surface area contributed by atoms with E-state index in [2.05, 4.69) is 32.5 Å². The van der Waals surface area contributed by atoms with Crippen molar-refractivity contribution < 1.29 is 4.79 Å². The fraction of sp³-hybridized carbons (Fsp3) is 0.769.